The van der Waals surface area contributed by atoms with Crippen molar-refractivity contribution < 1.29 is 64.9 Å². The number of aliphatic hydroxyl groups is 9. The van der Waals surface area contributed by atoms with Gasteiger partial charge in [-0.25, -0.2) is 0 Å². The highest BCUT2D eigenvalue weighted by atomic mass is 16.8. The first-order chi connectivity index (χ1) is 25.6. The van der Waals surface area contributed by atoms with Crippen LogP contribution in [0.4, 0.5) is 0 Å². The first-order valence-electron chi connectivity index (χ1n) is 21.3. The highest BCUT2D eigenvalue weighted by molar-refractivity contribution is 5.33. The molecule has 0 unspecified atom stereocenters. The zero-order valence-corrected chi connectivity index (χ0v) is 34.2. The number of hydrogen-bond acceptors (Lipinski definition) is 13. The molecule has 318 valence electrons. The maximum absolute atomic E-state index is 12.5. The number of hydrogen-bond donors (Lipinski definition) is 9. The van der Waals surface area contributed by atoms with Crippen LogP contribution in [0.1, 0.15) is 113 Å². The second-order valence-corrected chi connectivity index (χ2v) is 20.7. The van der Waals surface area contributed by atoms with Crippen LogP contribution < -0.4 is 0 Å². The summed E-state index contributed by atoms with van der Waals surface area (Å²) in [6, 6.07) is 0. The van der Waals surface area contributed by atoms with Gasteiger partial charge < -0.3 is 64.9 Å². The lowest BCUT2D eigenvalue weighted by Gasteiger charge is -2.64. The van der Waals surface area contributed by atoms with Gasteiger partial charge in [0.25, 0.3) is 0 Å². The van der Waals surface area contributed by atoms with Gasteiger partial charge in [-0.15, -0.1) is 0 Å². The largest absolute Gasteiger partial charge is 0.394 e. The lowest BCUT2D eigenvalue weighted by molar-refractivity contribution is -0.375. The van der Waals surface area contributed by atoms with Gasteiger partial charge in [0.05, 0.1) is 37.1 Å². The van der Waals surface area contributed by atoms with E-state index < -0.39 is 85.6 Å². The Balaban J connectivity index is 1.11. The van der Waals surface area contributed by atoms with Crippen molar-refractivity contribution in [2.75, 3.05) is 6.61 Å². The topological polar surface area (TPSA) is 219 Å². The molecular formula is C42H72O13. The molecular weight excluding hydrogens is 712 g/mol. The Hall–Kier alpha value is -0.520. The monoisotopic (exact) mass is 784 g/mol. The zero-order chi connectivity index (χ0) is 40.4. The second kappa shape index (κ2) is 14.6. The summed E-state index contributed by atoms with van der Waals surface area (Å²) in [5.74, 6) is 0.886. The Labute approximate surface area is 326 Å². The molecule has 5 saturated carbocycles. The van der Waals surface area contributed by atoms with Crippen LogP contribution in [0.5, 0.6) is 0 Å². The SMILES string of the molecule is CC(C)[C@@H](O)CC[C@@H](C)[C@H]1[C@@H](O)C[C@@]2(C)[C@H]3CC[C@@H]4C(C)(C)[C@@H](O[C@@H]5O[C@H](CO)[C@@H](O)[C@H](O)[C@H]5O[C@@H]5O[C@@H](C)[C@H](O)[C@@H](O)[C@H]5O)CC[C@@]45C[C@@]35[C@H](O)C[C@]12C. The summed E-state index contributed by atoms with van der Waals surface area (Å²) in [5, 5.41) is 98.4. The van der Waals surface area contributed by atoms with E-state index in [-0.39, 0.29) is 63.5 Å². The molecule has 0 radical (unpaired) electrons. The van der Waals surface area contributed by atoms with Gasteiger partial charge in [-0.3, -0.25) is 0 Å². The Kier molecular flexibility index (Phi) is 11.3. The van der Waals surface area contributed by atoms with Crippen molar-refractivity contribution in [3.8, 4) is 0 Å². The average Bonchev–Trinajstić information content (AvgIpc) is 3.76. The summed E-state index contributed by atoms with van der Waals surface area (Å²) in [5.41, 5.74) is -1.18. The van der Waals surface area contributed by atoms with Gasteiger partial charge in [-0.1, -0.05) is 48.5 Å². The number of ether oxygens (including phenoxy) is 4. The van der Waals surface area contributed by atoms with Crippen LogP contribution in [-0.4, -0.2) is 138 Å². The van der Waals surface area contributed by atoms with Crippen LogP contribution in [0.15, 0.2) is 0 Å². The minimum Gasteiger partial charge on any atom is -0.394 e. The molecule has 13 heteroatoms. The van der Waals surface area contributed by atoms with Crippen LogP contribution in [0.25, 0.3) is 0 Å². The van der Waals surface area contributed by atoms with Crippen molar-refractivity contribution in [1.29, 1.82) is 0 Å². The molecule has 7 rings (SSSR count). The molecule has 7 fully saturated rings. The summed E-state index contributed by atoms with van der Waals surface area (Å²) < 4.78 is 24.5. The second-order valence-electron chi connectivity index (χ2n) is 20.7. The predicted molar refractivity (Wildman–Crippen MR) is 199 cm³/mol. The quantitative estimate of drug-likeness (QED) is 0.145. The third-order valence-electron chi connectivity index (χ3n) is 17.6. The van der Waals surface area contributed by atoms with E-state index in [0.717, 1.165) is 38.5 Å². The van der Waals surface area contributed by atoms with Gasteiger partial charge in [-0.05, 0) is 116 Å². The fourth-order valence-corrected chi connectivity index (χ4v) is 14.4. The highest BCUT2D eigenvalue weighted by Crippen LogP contribution is 2.89. The van der Waals surface area contributed by atoms with Crippen molar-refractivity contribution in [2.24, 2.45) is 56.7 Å². The molecule has 0 aromatic carbocycles. The number of fused-ring (bicyclic) bond motifs is 2. The first kappa shape index (κ1) is 42.6. The van der Waals surface area contributed by atoms with E-state index in [1.54, 1.807) is 0 Å². The molecule has 0 aromatic heterocycles. The molecule has 0 aromatic rings. The number of rotatable bonds is 10. The Morgan fingerprint density at radius 3 is 2.05 bits per heavy atom. The van der Waals surface area contributed by atoms with E-state index in [2.05, 4.69) is 34.6 Å². The zero-order valence-electron chi connectivity index (χ0n) is 34.2. The van der Waals surface area contributed by atoms with Gasteiger partial charge in [-0.2, -0.15) is 0 Å². The summed E-state index contributed by atoms with van der Waals surface area (Å²) in [4.78, 5) is 0. The molecule has 22 atom stereocenters. The minimum absolute atomic E-state index is 0.0378. The molecule has 2 aliphatic heterocycles. The van der Waals surface area contributed by atoms with Gasteiger partial charge in [0.15, 0.2) is 12.6 Å². The van der Waals surface area contributed by atoms with Crippen LogP contribution in [0.3, 0.4) is 0 Å². The third kappa shape index (κ3) is 6.18. The molecule has 9 N–H and O–H groups in total. The lowest BCUT2D eigenvalue weighted by Crippen LogP contribution is -2.65. The third-order valence-corrected chi connectivity index (χ3v) is 17.6. The summed E-state index contributed by atoms with van der Waals surface area (Å²) in [6.45, 7) is 16.3. The van der Waals surface area contributed by atoms with Crippen LogP contribution in [0, 0.1) is 56.7 Å². The van der Waals surface area contributed by atoms with Crippen molar-refractivity contribution >= 4 is 0 Å². The van der Waals surface area contributed by atoms with Crippen molar-refractivity contribution in [1.82, 2.24) is 0 Å². The maximum atomic E-state index is 12.5. The van der Waals surface area contributed by atoms with Gasteiger partial charge >= 0.3 is 0 Å². The molecule has 5 aliphatic carbocycles. The van der Waals surface area contributed by atoms with E-state index in [4.69, 9.17) is 18.9 Å². The van der Waals surface area contributed by atoms with Crippen LogP contribution in [0.2, 0.25) is 0 Å². The van der Waals surface area contributed by atoms with E-state index in [1.807, 2.05) is 13.8 Å². The Morgan fingerprint density at radius 1 is 0.727 bits per heavy atom. The molecule has 2 spiro atoms. The highest BCUT2D eigenvalue weighted by Gasteiger charge is 2.85. The normalized spacial score (nSPS) is 55.5. The molecule has 0 bridgehead atoms. The van der Waals surface area contributed by atoms with Crippen LogP contribution >= 0.6 is 0 Å². The smallest absolute Gasteiger partial charge is 0.187 e. The molecule has 13 nitrogen and oxygen atoms in total. The van der Waals surface area contributed by atoms with Gasteiger partial charge in [0.1, 0.15) is 42.7 Å². The first-order valence-corrected chi connectivity index (χ1v) is 21.3. The molecule has 7 aliphatic rings. The molecule has 55 heavy (non-hydrogen) atoms. The fourth-order valence-electron chi connectivity index (χ4n) is 14.4. The van der Waals surface area contributed by atoms with E-state index in [0.29, 0.717) is 19.3 Å². The Bertz CT molecular complexity index is 1380. The Morgan fingerprint density at radius 2 is 1.40 bits per heavy atom. The lowest BCUT2D eigenvalue weighted by atomic mass is 9.41. The van der Waals surface area contributed by atoms with Crippen molar-refractivity contribution in [3.63, 3.8) is 0 Å². The van der Waals surface area contributed by atoms with Gasteiger partial charge in [0, 0.05) is 5.41 Å². The van der Waals surface area contributed by atoms with Gasteiger partial charge in [0.2, 0.25) is 0 Å². The van der Waals surface area contributed by atoms with Crippen molar-refractivity contribution in [3.05, 3.63) is 0 Å². The summed E-state index contributed by atoms with van der Waals surface area (Å²) in [7, 11) is 0. The van der Waals surface area contributed by atoms with Crippen LogP contribution in [-0.2, 0) is 18.9 Å². The molecule has 2 heterocycles. The average molecular weight is 785 g/mol. The minimum atomic E-state index is -1.65. The summed E-state index contributed by atoms with van der Waals surface area (Å²) >= 11 is 0. The molecule has 0 amide bonds. The van der Waals surface area contributed by atoms with E-state index >= 15 is 0 Å². The summed E-state index contributed by atoms with van der Waals surface area (Å²) in [6.07, 6.45) is -8.43. The van der Waals surface area contributed by atoms with E-state index in [1.165, 1.54) is 6.92 Å². The number of aliphatic hydroxyl groups excluding tert-OH is 9. The standard InChI is InChI=1S/C42H72O13/c1-19(2)22(44)10-9-20(3)29-23(45)15-39(7)26-12-11-25-38(5,6)28(13-14-41(25)18-42(26,41)27(46)16-40(29,39)8)54-37-35(33(50)31(48)24(17-43)53-37)55-36-34(51)32(49)30(47)21(4)52-36/h19-37,43-51H,9-18H2,1-8H3/t20-,21+,22+,23+,24-,25-,26-,27-,28+,29+,30+,31-,32-,33+,34-,35-,36+,37+,39+,40-,41-,42+/m1/s1. The van der Waals surface area contributed by atoms with Crippen molar-refractivity contribution in [2.45, 2.75) is 199 Å². The molecule has 2 saturated heterocycles. The fraction of sp³-hybridized carbons (Fsp3) is 1.00. The van der Waals surface area contributed by atoms with E-state index in [9.17, 15) is 46.0 Å². The maximum Gasteiger partial charge on any atom is 0.187 e. The predicted octanol–water partition coefficient (Wildman–Crippen LogP) is 1.84.